The summed E-state index contributed by atoms with van der Waals surface area (Å²) < 4.78 is 0. The summed E-state index contributed by atoms with van der Waals surface area (Å²) in [5, 5.41) is 58.0. The number of nitrogens with two attached hydrogens (primary N) is 1. The molecule has 0 bridgehead atoms. The second-order valence-corrected chi connectivity index (χ2v) is 11.2. The molecule has 3 amide bonds. The van der Waals surface area contributed by atoms with E-state index in [-0.39, 0.29) is 30.9 Å². The van der Waals surface area contributed by atoms with Crippen LogP contribution in [0.5, 0.6) is 0 Å². The SMILES string of the molecule is CSCC[C@H](N)C(=O)N[C@@H](CC(C)C)C(=O)NC(C)CC(O)(O)C(O)(O)C(=O)Nc1ccccc1CCC(=O)O. The first-order chi connectivity index (χ1) is 18.5. The molecule has 0 aliphatic heterocycles. The van der Waals surface area contributed by atoms with E-state index in [0.29, 0.717) is 17.7 Å². The number of amides is 3. The Bertz CT molecular complexity index is 1020. The summed E-state index contributed by atoms with van der Waals surface area (Å²) in [7, 11) is 0. The maximum Gasteiger partial charge on any atom is 0.303 e. The molecule has 0 fully saturated rings. The largest absolute Gasteiger partial charge is 0.481 e. The van der Waals surface area contributed by atoms with Gasteiger partial charge in [-0.1, -0.05) is 32.0 Å². The van der Waals surface area contributed by atoms with Crippen molar-refractivity contribution >= 4 is 41.1 Å². The summed E-state index contributed by atoms with van der Waals surface area (Å²) in [4.78, 5) is 49.0. The standard InChI is InChI=1S/C26H42N4O9S/c1-15(2)13-20(29-22(33)18(27)11-12-40-4)23(34)28-16(3)14-25(36,37)26(38,39)24(35)30-19-8-6-5-7-17(19)9-10-21(31)32/h5-8,15-16,18,20,36-39H,9-14,27H2,1-4H3,(H,28,34)(H,29,33)(H,30,35)(H,31,32)/t16?,18-,20-/m0/s1. The number of carbonyl (C=O) groups is 4. The molecule has 14 heteroatoms. The highest BCUT2D eigenvalue weighted by atomic mass is 32.2. The highest BCUT2D eigenvalue weighted by Gasteiger charge is 2.54. The highest BCUT2D eigenvalue weighted by molar-refractivity contribution is 7.98. The first kappa shape index (κ1) is 35.3. The van der Waals surface area contributed by atoms with Gasteiger partial charge in [0.1, 0.15) is 6.04 Å². The number of carbonyl (C=O) groups excluding carboxylic acids is 3. The minimum Gasteiger partial charge on any atom is -0.481 e. The van der Waals surface area contributed by atoms with Gasteiger partial charge in [0.05, 0.1) is 6.04 Å². The van der Waals surface area contributed by atoms with Crippen LogP contribution in [0.25, 0.3) is 0 Å². The van der Waals surface area contributed by atoms with Crippen molar-refractivity contribution < 1.29 is 44.7 Å². The Labute approximate surface area is 237 Å². The molecule has 1 aromatic carbocycles. The van der Waals surface area contributed by atoms with E-state index in [0.717, 1.165) is 0 Å². The zero-order chi connectivity index (χ0) is 30.7. The van der Waals surface area contributed by atoms with E-state index < -0.39 is 59.8 Å². The van der Waals surface area contributed by atoms with Crippen molar-refractivity contribution in [2.24, 2.45) is 11.7 Å². The molecule has 0 aromatic heterocycles. The van der Waals surface area contributed by atoms with Crippen molar-refractivity contribution in [2.75, 3.05) is 17.3 Å². The minimum absolute atomic E-state index is 0.00755. The number of hydrogen-bond acceptors (Lipinski definition) is 10. The van der Waals surface area contributed by atoms with E-state index in [2.05, 4.69) is 16.0 Å². The Hall–Kier alpha value is -2.75. The van der Waals surface area contributed by atoms with Gasteiger partial charge in [-0.25, -0.2) is 0 Å². The summed E-state index contributed by atoms with van der Waals surface area (Å²) in [5.74, 6) is -10.3. The van der Waals surface area contributed by atoms with E-state index in [1.54, 1.807) is 6.07 Å². The summed E-state index contributed by atoms with van der Waals surface area (Å²) in [6.45, 7) is 5.05. The molecule has 10 N–H and O–H groups in total. The molecule has 0 aliphatic rings. The zero-order valence-electron chi connectivity index (χ0n) is 23.2. The number of anilines is 1. The fourth-order valence-corrected chi connectivity index (χ4v) is 4.30. The molecule has 1 aromatic rings. The number of thioether (sulfide) groups is 1. The van der Waals surface area contributed by atoms with E-state index >= 15 is 0 Å². The quantitative estimate of drug-likeness (QED) is 0.106. The number of benzene rings is 1. The first-order valence-corrected chi connectivity index (χ1v) is 14.3. The minimum atomic E-state index is -3.72. The number of aliphatic carboxylic acids is 1. The summed E-state index contributed by atoms with van der Waals surface area (Å²) in [6, 6.07) is 3.14. The van der Waals surface area contributed by atoms with Gasteiger partial charge in [-0.2, -0.15) is 11.8 Å². The average molecular weight is 587 g/mol. The molecule has 1 rings (SSSR count). The van der Waals surface area contributed by atoms with Gasteiger partial charge in [0.2, 0.25) is 17.6 Å². The van der Waals surface area contributed by atoms with Gasteiger partial charge in [0.15, 0.2) is 0 Å². The second-order valence-electron chi connectivity index (χ2n) is 10.2. The zero-order valence-corrected chi connectivity index (χ0v) is 24.0. The Balaban J connectivity index is 2.92. The van der Waals surface area contributed by atoms with Gasteiger partial charge < -0.3 is 47.2 Å². The Morgan fingerprint density at radius 3 is 2.20 bits per heavy atom. The highest BCUT2D eigenvalue weighted by Crippen LogP contribution is 2.26. The van der Waals surface area contributed by atoms with Crippen LogP contribution in [0.1, 0.15) is 52.0 Å². The number of carboxylic acids is 1. The molecule has 13 nitrogen and oxygen atoms in total. The van der Waals surface area contributed by atoms with Crippen molar-refractivity contribution in [2.45, 2.75) is 82.6 Å². The third kappa shape index (κ3) is 11.0. The van der Waals surface area contributed by atoms with Crippen LogP contribution in [0.3, 0.4) is 0 Å². The number of aryl methyl sites for hydroxylation is 1. The van der Waals surface area contributed by atoms with Gasteiger partial charge in [-0.05, 0) is 55.7 Å². The maximum atomic E-state index is 12.9. The summed E-state index contributed by atoms with van der Waals surface area (Å²) >= 11 is 1.53. The molecule has 40 heavy (non-hydrogen) atoms. The molecule has 0 saturated carbocycles. The third-order valence-corrected chi connectivity index (χ3v) is 6.68. The predicted molar refractivity (Wildman–Crippen MR) is 150 cm³/mol. The van der Waals surface area contributed by atoms with Crippen molar-refractivity contribution in [3.63, 3.8) is 0 Å². The van der Waals surface area contributed by atoms with Gasteiger partial charge >= 0.3 is 11.8 Å². The van der Waals surface area contributed by atoms with E-state index in [4.69, 9.17) is 10.8 Å². The summed E-state index contributed by atoms with van der Waals surface area (Å²) in [5.41, 5.74) is 6.33. The lowest BCUT2D eigenvalue weighted by atomic mass is 9.96. The number of carboxylic acid groups (broad SMARTS) is 1. The molecule has 0 saturated heterocycles. The smallest absolute Gasteiger partial charge is 0.303 e. The number of aliphatic hydroxyl groups is 4. The van der Waals surface area contributed by atoms with Crippen molar-refractivity contribution in [3.05, 3.63) is 29.8 Å². The van der Waals surface area contributed by atoms with E-state index in [9.17, 15) is 39.6 Å². The molecular weight excluding hydrogens is 544 g/mol. The third-order valence-electron chi connectivity index (χ3n) is 6.04. The van der Waals surface area contributed by atoms with Crippen molar-refractivity contribution in [1.82, 2.24) is 10.6 Å². The number of rotatable bonds is 17. The lowest BCUT2D eigenvalue weighted by Gasteiger charge is -2.35. The van der Waals surface area contributed by atoms with Crippen LogP contribution in [-0.4, -0.2) is 90.9 Å². The van der Waals surface area contributed by atoms with Crippen LogP contribution >= 0.6 is 11.8 Å². The maximum absolute atomic E-state index is 12.9. The molecule has 3 atom stereocenters. The van der Waals surface area contributed by atoms with Crippen LogP contribution in [0.15, 0.2) is 24.3 Å². The molecule has 1 unspecified atom stereocenters. The van der Waals surface area contributed by atoms with Gasteiger partial charge in [-0.15, -0.1) is 0 Å². The number of hydrogen-bond donors (Lipinski definition) is 9. The normalized spacial score (nSPS) is 14.2. The van der Waals surface area contributed by atoms with E-state index in [1.807, 2.05) is 20.1 Å². The van der Waals surface area contributed by atoms with Crippen LogP contribution in [0, 0.1) is 5.92 Å². The van der Waals surface area contributed by atoms with Crippen molar-refractivity contribution in [1.29, 1.82) is 0 Å². The second kappa shape index (κ2) is 15.9. The average Bonchev–Trinajstić information content (AvgIpc) is 2.85. The van der Waals surface area contributed by atoms with Gasteiger partial charge in [0.25, 0.3) is 5.91 Å². The van der Waals surface area contributed by atoms with Crippen LogP contribution in [-0.2, 0) is 25.6 Å². The topological polar surface area (TPSA) is 232 Å². The molecule has 0 spiro atoms. The molecule has 0 heterocycles. The number of para-hydroxylation sites is 1. The van der Waals surface area contributed by atoms with Crippen LogP contribution in [0.4, 0.5) is 5.69 Å². The van der Waals surface area contributed by atoms with Gasteiger partial charge in [-0.3, -0.25) is 19.2 Å². The predicted octanol–water partition coefficient (Wildman–Crippen LogP) is -0.490. The fraction of sp³-hybridized carbons (Fsp3) is 0.615. The Morgan fingerprint density at radius 1 is 1.00 bits per heavy atom. The first-order valence-electron chi connectivity index (χ1n) is 12.9. The molecule has 0 aliphatic carbocycles. The van der Waals surface area contributed by atoms with Gasteiger partial charge in [0, 0.05) is 24.6 Å². The lowest BCUT2D eigenvalue weighted by molar-refractivity contribution is -0.338. The van der Waals surface area contributed by atoms with Crippen LogP contribution < -0.4 is 21.7 Å². The Kier molecular flexibility index (Phi) is 14.0. The summed E-state index contributed by atoms with van der Waals surface area (Å²) in [6.07, 6.45) is 1.45. The van der Waals surface area contributed by atoms with Crippen molar-refractivity contribution in [3.8, 4) is 0 Å². The molecular formula is C26H42N4O9S. The Morgan fingerprint density at radius 2 is 1.62 bits per heavy atom. The van der Waals surface area contributed by atoms with E-state index in [1.165, 1.54) is 36.9 Å². The fourth-order valence-electron chi connectivity index (χ4n) is 3.81. The van der Waals surface area contributed by atoms with Crippen LogP contribution in [0.2, 0.25) is 0 Å². The number of nitrogens with one attached hydrogen (secondary N) is 3. The lowest BCUT2D eigenvalue weighted by Crippen LogP contribution is -2.63. The monoisotopic (exact) mass is 586 g/mol. The molecule has 0 radical (unpaired) electrons. The molecule has 226 valence electrons.